The van der Waals surface area contributed by atoms with Crippen LogP contribution in [0, 0.1) is 13.8 Å². The van der Waals surface area contributed by atoms with E-state index in [1.54, 1.807) is 11.8 Å². The number of aromatic nitrogens is 2. The van der Waals surface area contributed by atoms with E-state index in [0.29, 0.717) is 19.0 Å². The van der Waals surface area contributed by atoms with Crippen molar-refractivity contribution in [1.82, 2.24) is 14.7 Å². The molecule has 1 aromatic carbocycles. The fourth-order valence-corrected chi connectivity index (χ4v) is 2.55. The minimum Gasteiger partial charge on any atom is -0.310 e. The summed E-state index contributed by atoms with van der Waals surface area (Å²) in [7, 11) is 0. The molecule has 0 bridgehead atoms. The van der Waals surface area contributed by atoms with Gasteiger partial charge in [-0.25, -0.2) is 4.68 Å². The van der Waals surface area contributed by atoms with Gasteiger partial charge in [0.1, 0.15) is 5.82 Å². The number of nitrogens with one attached hydrogen (secondary N) is 1. The van der Waals surface area contributed by atoms with Crippen LogP contribution >= 0.6 is 0 Å². The Labute approximate surface area is 129 Å². The van der Waals surface area contributed by atoms with Crippen LogP contribution in [0.25, 0.3) is 5.69 Å². The lowest BCUT2D eigenvalue weighted by Crippen LogP contribution is -2.37. The van der Waals surface area contributed by atoms with E-state index < -0.39 is 0 Å². The zero-order valence-electron chi connectivity index (χ0n) is 13.0. The first-order valence-corrected chi connectivity index (χ1v) is 7.28. The first-order chi connectivity index (χ1) is 10.6. The summed E-state index contributed by atoms with van der Waals surface area (Å²) in [6, 6.07) is 10.0. The number of carbonyl (C=O) groups is 1. The van der Waals surface area contributed by atoms with Crippen LogP contribution < -0.4 is 5.32 Å². The summed E-state index contributed by atoms with van der Waals surface area (Å²) in [5.41, 5.74) is 3.04. The van der Waals surface area contributed by atoms with Gasteiger partial charge in [-0.05, 0) is 25.5 Å². The number of para-hydroxylation sites is 1. The second kappa shape index (κ2) is 5.63. The highest BCUT2D eigenvalue weighted by atomic mass is 16.2. The summed E-state index contributed by atoms with van der Waals surface area (Å²) in [6.45, 7) is 6.78. The second-order valence-electron chi connectivity index (χ2n) is 5.37. The Bertz CT molecular complexity index is 747. The van der Waals surface area contributed by atoms with E-state index in [0.717, 1.165) is 22.8 Å². The highest BCUT2D eigenvalue weighted by Gasteiger charge is 2.22. The van der Waals surface area contributed by atoms with Crippen molar-refractivity contribution in [3.8, 4) is 5.69 Å². The van der Waals surface area contributed by atoms with Crippen LogP contribution in [0.1, 0.15) is 18.2 Å². The van der Waals surface area contributed by atoms with Crippen molar-refractivity contribution in [2.45, 2.75) is 20.8 Å². The number of hydrogen-bond acceptors (Lipinski definition) is 4. The molecular formula is C16H19N5O. The number of rotatable bonds is 2. The topological polar surface area (TPSA) is 62.5 Å². The van der Waals surface area contributed by atoms with Crippen molar-refractivity contribution < 1.29 is 4.79 Å². The van der Waals surface area contributed by atoms with Gasteiger partial charge in [0.05, 0.1) is 17.9 Å². The van der Waals surface area contributed by atoms with Crippen LogP contribution in [0.2, 0.25) is 0 Å². The van der Waals surface area contributed by atoms with Gasteiger partial charge in [0.25, 0.3) is 0 Å². The number of hydrogen-bond donors (Lipinski definition) is 1. The SMILES string of the molecule is CC(=O)N1CCN=C1Nc1cc(C)nn1-c1ccccc1C. The molecule has 2 heterocycles. The zero-order chi connectivity index (χ0) is 15.7. The van der Waals surface area contributed by atoms with E-state index in [4.69, 9.17) is 0 Å². The monoisotopic (exact) mass is 297 g/mol. The number of nitrogens with zero attached hydrogens (tertiary/aromatic N) is 4. The molecule has 0 saturated carbocycles. The highest BCUT2D eigenvalue weighted by Crippen LogP contribution is 2.21. The normalized spacial score (nSPS) is 14.1. The molecule has 6 nitrogen and oxygen atoms in total. The van der Waals surface area contributed by atoms with E-state index in [1.165, 1.54) is 0 Å². The van der Waals surface area contributed by atoms with Crippen LogP contribution in [0.15, 0.2) is 35.3 Å². The third kappa shape index (κ3) is 2.59. The number of guanidine groups is 1. The predicted molar refractivity (Wildman–Crippen MR) is 86.3 cm³/mol. The molecule has 0 saturated heterocycles. The maximum absolute atomic E-state index is 11.6. The summed E-state index contributed by atoms with van der Waals surface area (Å²) in [6.07, 6.45) is 0. The number of benzene rings is 1. The predicted octanol–water partition coefficient (Wildman–Crippen LogP) is 2.12. The Morgan fingerprint density at radius 3 is 2.77 bits per heavy atom. The Kier molecular flexibility index (Phi) is 3.66. The standard InChI is InChI=1S/C16H19N5O/c1-11-6-4-5-7-14(11)21-15(10-12(2)19-21)18-16-17-8-9-20(16)13(3)22/h4-7,10H,8-9H2,1-3H3,(H,17,18). The first kappa shape index (κ1) is 14.3. The molecule has 0 spiro atoms. The summed E-state index contributed by atoms with van der Waals surface area (Å²) < 4.78 is 1.85. The summed E-state index contributed by atoms with van der Waals surface area (Å²) >= 11 is 0. The average molecular weight is 297 g/mol. The van der Waals surface area contributed by atoms with Gasteiger partial charge in [-0.3, -0.25) is 14.7 Å². The molecule has 2 aromatic rings. The average Bonchev–Trinajstić information content (AvgIpc) is 3.07. The molecule has 1 aromatic heterocycles. The smallest absolute Gasteiger partial charge is 0.226 e. The molecule has 0 aliphatic carbocycles. The highest BCUT2D eigenvalue weighted by molar-refractivity contribution is 6.04. The second-order valence-corrected chi connectivity index (χ2v) is 5.37. The summed E-state index contributed by atoms with van der Waals surface area (Å²) in [4.78, 5) is 17.7. The lowest BCUT2D eigenvalue weighted by Gasteiger charge is -2.18. The lowest BCUT2D eigenvalue weighted by atomic mass is 10.2. The quantitative estimate of drug-likeness (QED) is 0.923. The molecular weight excluding hydrogens is 278 g/mol. The molecule has 1 aliphatic rings. The molecule has 1 amide bonds. The van der Waals surface area contributed by atoms with Crippen LogP contribution in [0.4, 0.5) is 5.82 Å². The minimum atomic E-state index is -0.0116. The van der Waals surface area contributed by atoms with Crippen LogP contribution in [-0.4, -0.2) is 39.6 Å². The molecule has 1 aliphatic heterocycles. The van der Waals surface area contributed by atoms with Gasteiger partial charge in [0.2, 0.25) is 11.9 Å². The fraction of sp³-hybridized carbons (Fsp3) is 0.312. The third-order valence-electron chi connectivity index (χ3n) is 3.64. The lowest BCUT2D eigenvalue weighted by molar-refractivity contribution is -0.124. The number of carbonyl (C=O) groups excluding carboxylic acids is 1. The van der Waals surface area contributed by atoms with Crippen molar-refractivity contribution >= 4 is 17.7 Å². The molecule has 3 rings (SSSR count). The maximum Gasteiger partial charge on any atom is 0.226 e. The van der Waals surface area contributed by atoms with Gasteiger partial charge < -0.3 is 5.32 Å². The van der Waals surface area contributed by atoms with Crippen molar-refractivity contribution in [3.63, 3.8) is 0 Å². The van der Waals surface area contributed by atoms with Crippen molar-refractivity contribution in [3.05, 3.63) is 41.6 Å². The van der Waals surface area contributed by atoms with E-state index in [-0.39, 0.29) is 5.91 Å². The molecule has 0 radical (unpaired) electrons. The molecule has 0 unspecified atom stereocenters. The van der Waals surface area contributed by atoms with Gasteiger partial charge in [-0.1, -0.05) is 18.2 Å². The Morgan fingerprint density at radius 2 is 2.05 bits per heavy atom. The third-order valence-corrected chi connectivity index (χ3v) is 3.64. The van der Waals surface area contributed by atoms with Gasteiger partial charge in [-0.15, -0.1) is 0 Å². The molecule has 0 fully saturated rings. The van der Waals surface area contributed by atoms with Gasteiger partial charge in [0.15, 0.2) is 0 Å². The minimum absolute atomic E-state index is 0.0116. The Balaban J connectivity index is 1.96. The fourth-order valence-electron chi connectivity index (χ4n) is 2.55. The van der Waals surface area contributed by atoms with Crippen LogP contribution in [0.5, 0.6) is 0 Å². The Hall–Kier alpha value is -2.63. The van der Waals surface area contributed by atoms with Crippen molar-refractivity contribution in [1.29, 1.82) is 0 Å². The summed E-state index contributed by atoms with van der Waals surface area (Å²) in [5.74, 6) is 1.38. The van der Waals surface area contributed by atoms with E-state index in [2.05, 4.69) is 15.4 Å². The van der Waals surface area contributed by atoms with E-state index in [1.807, 2.05) is 48.9 Å². The molecule has 1 N–H and O–H groups in total. The zero-order valence-corrected chi connectivity index (χ0v) is 13.0. The molecule has 22 heavy (non-hydrogen) atoms. The number of anilines is 1. The van der Waals surface area contributed by atoms with Crippen molar-refractivity contribution in [2.24, 2.45) is 4.99 Å². The largest absolute Gasteiger partial charge is 0.310 e. The van der Waals surface area contributed by atoms with Gasteiger partial charge >= 0.3 is 0 Å². The van der Waals surface area contributed by atoms with Crippen molar-refractivity contribution in [2.75, 3.05) is 18.4 Å². The Morgan fingerprint density at radius 1 is 1.27 bits per heavy atom. The van der Waals surface area contributed by atoms with E-state index >= 15 is 0 Å². The van der Waals surface area contributed by atoms with Crippen LogP contribution in [0.3, 0.4) is 0 Å². The van der Waals surface area contributed by atoms with E-state index in [9.17, 15) is 4.79 Å². The number of aliphatic imine (C=N–C) groups is 1. The maximum atomic E-state index is 11.6. The number of aryl methyl sites for hydroxylation is 2. The number of amides is 1. The van der Waals surface area contributed by atoms with Crippen LogP contribution in [-0.2, 0) is 4.79 Å². The summed E-state index contributed by atoms with van der Waals surface area (Å²) in [5, 5.41) is 7.79. The molecule has 6 heteroatoms. The van der Waals surface area contributed by atoms with Gasteiger partial charge in [0, 0.05) is 19.5 Å². The molecule has 0 atom stereocenters. The first-order valence-electron chi connectivity index (χ1n) is 7.28. The van der Waals surface area contributed by atoms with Gasteiger partial charge in [-0.2, -0.15) is 5.10 Å². The molecule has 114 valence electrons.